The number of ether oxygens (including phenoxy) is 1. The second-order valence-electron chi connectivity index (χ2n) is 4.51. The Bertz CT molecular complexity index is 559. The van der Waals surface area contributed by atoms with Crippen LogP contribution in [-0.4, -0.2) is 29.6 Å². The van der Waals surface area contributed by atoms with E-state index in [1.54, 1.807) is 19.1 Å². The zero-order valence-electron chi connectivity index (χ0n) is 11.2. The lowest BCUT2D eigenvalue weighted by molar-refractivity contribution is -0.139. The van der Waals surface area contributed by atoms with Crippen molar-refractivity contribution in [1.82, 2.24) is 0 Å². The fourth-order valence-electron chi connectivity index (χ4n) is 1.82. The minimum Gasteiger partial charge on any atom is -0.491 e. The molecule has 1 heterocycles. The Morgan fingerprint density at radius 3 is 2.71 bits per heavy atom. The first-order valence-corrected chi connectivity index (χ1v) is 7.11. The van der Waals surface area contributed by atoms with E-state index in [0.29, 0.717) is 5.69 Å². The SMILES string of the molecule is Cc1ccc(OCCC(F)(F)F)c(N2C(=N)SCC2=O)c1. The van der Waals surface area contributed by atoms with E-state index >= 15 is 0 Å². The highest BCUT2D eigenvalue weighted by Gasteiger charge is 2.31. The van der Waals surface area contributed by atoms with Crippen molar-refractivity contribution in [2.45, 2.75) is 19.5 Å². The van der Waals surface area contributed by atoms with Crippen molar-refractivity contribution < 1.29 is 22.7 Å². The standard InChI is InChI=1S/C13H13F3N2O2S/c1-8-2-3-10(20-5-4-13(14,15)16)9(6-8)18-11(19)7-21-12(18)17/h2-3,6,17H,4-5,7H2,1H3. The number of amides is 1. The molecular weight excluding hydrogens is 305 g/mol. The van der Waals surface area contributed by atoms with E-state index in [1.807, 2.05) is 0 Å². The van der Waals surface area contributed by atoms with E-state index in [0.717, 1.165) is 17.3 Å². The van der Waals surface area contributed by atoms with Crippen LogP contribution in [0.15, 0.2) is 18.2 Å². The van der Waals surface area contributed by atoms with Gasteiger partial charge in [0, 0.05) is 0 Å². The monoisotopic (exact) mass is 318 g/mol. The molecule has 0 atom stereocenters. The molecule has 2 rings (SSSR count). The Morgan fingerprint density at radius 1 is 1.43 bits per heavy atom. The van der Waals surface area contributed by atoms with Crippen molar-refractivity contribution in [2.75, 3.05) is 17.3 Å². The van der Waals surface area contributed by atoms with Gasteiger partial charge in [0.1, 0.15) is 5.75 Å². The third kappa shape index (κ3) is 3.90. The predicted molar refractivity (Wildman–Crippen MR) is 75.0 cm³/mol. The van der Waals surface area contributed by atoms with Gasteiger partial charge in [0.25, 0.3) is 0 Å². The summed E-state index contributed by atoms with van der Waals surface area (Å²) >= 11 is 1.08. The van der Waals surface area contributed by atoms with Crippen LogP contribution in [-0.2, 0) is 4.79 Å². The summed E-state index contributed by atoms with van der Waals surface area (Å²) in [6.45, 7) is 1.27. The molecule has 1 N–H and O–H groups in total. The van der Waals surface area contributed by atoms with Crippen molar-refractivity contribution in [3.8, 4) is 5.75 Å². The van der Waals surface area contributed by atoms with Crippen LogP contribution in [0.25, 0.3) is 0 Å². The lowest BCUT2D eigenvalue weighted by atomic mass is 10.2. The zero-order valence-corrected chi connectivity index (χ0v) is 12.0. The first kappa shape index (κ1) is 15.7. The minimum atomic E-state index is -4.29. The van der Waals surface area contributed by atoms with Gasteiger partial charge >= 0.3 is 6.18 Å². The Hall–Kier alpha value is -1.70. The Labute approximate surface area is 123 Å². The van der Waals surface area contributed by atoms with E-state index < -0.39 is 19.2 Å². The van der Waals surface area contributed by atoms with Gasteiger partial charge in [0.15, 0.2) is 5.17 Å². The molecule has 0 aliphatic carbocycles. The minimum absolute atomic E-state index is 0.0475. The first-order chi connectivity index (χ1) is 9.78. The van der Waals surface area contributed by atoms with Gasteiger partial charge < -0.3 is 4.74 Å². The lowest BCUT2D eigenvalue weighted by Gasteiger charge is -2.20. The van der Waals surface area contributed by atoms with Crippen LogP contribution in [0.4, 0.5) is 18.9 Å². The van der Waals surface area contributed by atoms with Crippen molar-refractivity contribution in [3.05, 3.63) is 23.8 Å². The average Bonchev–Trinajstić information content (AvgIpc) is 2.69. The third-order valence-corrected chi connectivity index (χ3v) is 3.63. The van der Waals surface area contributed by atoms with Gasteiger partial charge in [-0.3, -0.25) is 15.1 Å². The molecule has 1 aliphatic heterocycles. The summed E-state index contributed by atoms with van der Waals surface area (Å²) in [6.07, 6.45) is -5.36. The number of amidine groups is 1. The normalized spacial score (nSPS) is 15.7. The van der Waals surface area contributed by atoms with Crippen LogP contribution in [0, 0.1) is 12.3 Å². The van der Waals surface area contributed by atoms with E-state index in [-0.39, 0.29) is 22.6 Å². The molecule has 8 heteroatoms. The summed E-state index contributed by atoms with van der Waals surface area (Å²) in [4.78, 5) is 13.0. The molecular formula is C13H13F3N2O2S. The number of rotatable bonds is 4. The summed E-state index contributed by atoms with van der Waals surface area (Å²) in [7, 11) is 0. The number of nitrogens with one attached hydrogen (secondary N) is 1. The molecule has 1 aromatic rings. The molecule has 4 nitrogen and oxygen atoms in total. The highest BCUT2D eigenvalue weighted by atomic mass is 32.2. The molecule has 1 aliphatic rings. The number of thioether (sulfide) groups is 1. The van der Waals surface area contributed by atoms with Crippen molar-refractivity contribution >= 4 is 28.5 Å². The summed E-state index contributed by atoms with van der Waals surface area (Å²) in [5.74, 6) is 0.0381. The van der Waals surface area contributed by atoms with Gasteiger partial charge in [-0.25, -0.2) is 0 Å². The highest BCUT2D eigenvalue weighted by molar-refractivity contribution is 8.15. The topological polar surface area (TPSA) is 53.4 Å². The van der Waals surface area contributed by atoms with Crippen LogP contribution in [0.1, 0.15) is 12.0 Å². The van der Waals surface area contributed by atoms with Crippen molar-refractivity contribution in [3.63, 3.8) is 0 Å². The Balaban J connectivity index is 2.22. The number of hydrogen-bond donors (Lipinski definition) is 1. The average molecular weight is 318 g/mol. The molecule has 1 fully saturated rings. The number of anilines is 1. The lowest BCUT2D eigenvalue weighted by Crippen LogP contribution is -2.29. The molecule has 0 bridgehead atoms. The summed E-state index contributed by atoms with van der Waals surface area (Å²) in [5.41, 5.74) is 1.14. The van der Waals surface area contributed by atoms with Crippen LogP contribution >= 0.6 is 11.8 Å². The summed E-state index contributed by atoms with van der Waals surface area (Å²) in [6, 6.07) is 4.83. The van der Waals surface area contributed by atoms with Crippen LogP contribution < -0.4 is 9.64 Å². The van der Waals surface area contributed by atoms with Gasteiger partial charge in [-0.05, 0) is 24.6 Å². The number of halogens is 3. The van der Waals surface area contributed by atoms with Gasteiger partial charge in [-0.2, -0.15) is 13.2 Å². The molecule has 0 saturated carbocycles. The maximum atomic E-state index is 12.2. The maximum Gasteiger partial charge on any atom is 0.392 e. The molecule has 0 aromatic heterocycles. The molecule has 114 valence electrons. The van der Waals surface area contributed by atoms with E-state index in [2.05, 4.69) is 0 Å². The smallest absolute Gasteiger partial charge is 0.392 e. The van der Waals surface area contributed by atoms with Crippen LogP contribution in [0.2, 0.25) is 0 Å². The van der Waals surface area contributed by atoms with Crippen LogP contribution in [0.3, 0.4) is 0 Å². The van der Waals surface area contributed by atoms with Gasteiger partial charge in [-0.15, -0.1) is 0 Å². The van der Waals surface area contributed by atoms with Crippen molar-refractivity contribution in [1.29, 1.82) is 5.41 Å². The summed E-state index contributed by atoms with van der Waals surface area (Å²) < 4.78 is 41.7. The quantitative estimate of drug-likeness (QED) is 0.926. The Morgan fingerprint density at radius 2 is 2.14 bits per heavy atom. The largest absolute Gasteiger partial charge is 0.491 e. The van der Waals surface area contributed by atoms with Crippen molar-refractivity contribution in [2.24, 2.45) is 0 Å². The Kier molecular flexibility index (Phi) is 4.46. The molecule has 0 radical (unpaired) electrons. The highest BCUT2D eigenvalue weighted by Crippen LogP contribution is 2.35. The molecule has 21 heavy (non-hydrogen) atoms. The molecule has 1 saturated heterocycles. The van der Waals surface area contributed by atoms with E-state index in [1.165, 1.54) is 11.0 Å². The number of aryl methyl sites for hydroxylation is 1. The number of carbonyl (C=O) groups is 1. The van der Waals surface area contributed by atoms with Gasteiger partial charge in [0.05, 0.1) is 24.5 Å². The zero-order chi connectivity index (χ0) is 15.6. The molecule has 0 unspecified atom stereocenters. The molecule has 1 aromatic carbocycles. The second-order valence-corrected chi connectivity index (χ2v) is 5.47. The third-order valence-electron chi connectivity index (χ3n) is 2.78. The number of nitrogens with zero attached hydrogens (tertiary/aromatic N) is 1. The molecule has 0 spiro atoms. The maximum absolute atomic E-state index is 12.2. The van der Waals surface area contributed by atoms with Gasteiger partial charge in [0.2, 0.25) is 5.91 Å². The fourth-order valence-corrected chi connectivity index (χ4v) is 2.54. The molecule has 1 amide bonds. The van der Waals surface area contributed by atoms with Crippen LogP contribution in [0.5, 0.6) is 5.75 Å². The first-order valence-electron chi connectivity index (χ1n) is 6.12. The van der Waals surface area contributed by atoms with Gasteiger partial charge in [-0.1, -0.05) is 17.8 Å². The van der Waals surface area contributed by atoms with E-state index in [4.69, 9.17) is 10.1 Å². The number of alkyl halides is 3. The second kappa shape index (κ2) is 5.97. The number of hydrogen-bond acceptors (Lipinski definition) is 4. The predicted octanol–water partition coefficient (Wildman–Crippen LogP) is 3.34. The summed E-state index contributed by atoms with van der Waals surface area (Å²) in [5, 5.41) is 7.80. The number of benzene rings is 1. The fraction of sp³-hybridized carbons (Fsp3) is 0.385. The number of carbonyl (C=O) groups excluding carboxylic acids is 1. The van der Waals surface area contributed by atoms with E-state index in [9.17, 15) is 18.0 Å².